The molecule has 2 atom stereocenters. The lowest BCUT2D eigenvalue weighted by Gasteiger charge is -2.34. The molecule has 5 rings (SSSR count). The molecular weight excluding hydrogens is 610 g/mol. The van der Waals surface area contributed by atoms with Crippen molar-refractivity contribution < 1.29 is 24.0 Å². The number of carbonyl (C=O) groups excluding carboxylic acids is 3. The number of piperidine rings is 1. The molecule has 2 amide bonds. The minimum Gasteiger partial charge on any atom is -0.497 e. The van der Waals surface area contributed by atoms with Crippen LogP contribution in [0.15, 0.2) is 45.7 Å². The van der Waals surface area contributed by atoms with Crippen molar-refractivity contribution in [2.45, 2.75) is 50.6 Å². The first-order chi connectivity index (χ1) is 20.1. The molecule has 1 aromatic heterocycles. The Labute approximate surface area is 249 Å². The second-order valence-electron chi connectivity index (χ2n) is 10.5. The van der Waals surface area contributed by atoms with Crippen LogP contribution >= 0.6 is 15.9 Å². The molecular formula is C29H30BrN5O7. The molecule has 220 valence electrons. The van der Waals surface area contributed by atoms with Gasteiger partial charge in [0.05, 0.1) is 23.2 Å². The first-order valence-corrected chi connectivity index (χ1v) is 14.5. The van der Waals surface area contributed by atoms with E-state index < -0.39 is 34.4 Å². The molecule has 1 aliphatic carbocycles. The highest BCUT2D eigenvalue weighted by Crippen LogP contribution is 2.36. The number of hydrogen-bond acceptors (Lipinski definition) is 8. The number of carbonyl (C=O) groups is 3. The fourth-order valence-corrected chi connectivity index (χ4v) is 6.09. The Hall–Kier alpha value is -4.26. The summed E-state index contributed by atoms with van der Waals surface area (Å²) in [4.78, 5) is 67.0. The van der Waals surface area contributed by atoms with Crippen molar-refractivity contribution in [3.8, 4) is 5.75 Å². The lowest BCUT2D eigenvalue weighted by Crippen LogP contribution is -2.49. The minimum absolute atomic E-state index is 0.0718. The van der Waals surface area contributed by atoms with E-state index in [1.807, 2.05) is 0 Å². The Morgan fingerprint density at radius 3 is 2.45 bits per heavy atom. The van der Waals surface area contributed by atoms with Crippen molar-refractivity contribution >= 4 is 55.8 Å². The Morgan fingerprint density at radius 2 is 1.76 bits per heavy atom. The number of halogens is 1. The van der Waals surface area contributed by atoms with E-state index in [-0.39, 0.29) is 54.2 Å². The van der Waals surface area contributed by atoms with E-state index in [1.165, 1.54) is 24.1 Å². The zero-order valence-electron chi connectivity index (χ0n) is 22.9. The number of rotatable bonds is 7. The molecule has 42 heavy (non-hydrogen) atoms. The van der Waals surface area contributed by atoms with Crippen LogP contribution < -0.4 is 20.9 Å². The van der Waals surface area contributed by atoms with Gasteiger partial charge in [0, 0.05) is 65.5 Å². The lowest BCUT2D eigenvalue weighted by molar-refractivity contribution is -0.384. The second-order valence-corrected chi connectivity index (χ2v) is 11.4. The maximum Gasteiger partial charge on any atom is 0.294 e. The molecule has 0 unspecified atom stereocenters. The first kappa shape index (κ1) is 29.2. The number of benzene rings is 2. The molecule has 2 aromatic carbocycles. The van der Waals surface area contributed by atoms with Crippen LogP contribution in [0.25, 0.3) is 10.9 Å². The van der Waals surface area contributed by atoms with Gasteiger partial charge >= 0.3 is 0 Å². The predicted molar refractivity (Wildman–Crippen MR) is 159 cm³/mol. The van der Waals surface area contributed by atoms with Crippen LogP contribution in [0.3, 0.4) is 0 Å². The smallest absolute Gasteiger partial charge is 0.294 e. The van der Waals surface area contributed by atoms with Crippen molar-refractivity contribution in [1.82, 2.24) is 15.2 Å². The van der Waals surface area contributed by atoms with Crippen LogP contribution in [0.1, 0.15) is 59.2 Å². The molecule has 2 heterocycles. The zero-order valence-corrected chi connectivity index (χ0v) is 24.5. The Bertz CT molecular complexity index is 1630. The van der Waals surface area contributed by atoms with Crippen molar-refractivity contribution in [2.75, 3.05) is 25.5 Å². The van der Waals surface area contributed by atoms with Crippen molar-refractivity contribution in [3.05, 3.63) is 72.5 Å². The van der Waals surface area contributed by atoms with Crippen molar-refractivity contribution in [1.29, 1.82) is 0 Å². The third-order valence-corrected chi connectivity index (χ3v) is 8.28. The summed E-state index contributed by atoms with van der Waals surface area (Å²) in [5.41, 5.74) is 0.159. The van der Waals surface area contributed by atoms with Crippen LogP contribution in [0.4, 0.5) is 11.4 Å². The van der Waals surface area contributed by atoms with E-state index in [4.69, 9.17) is 4.74 Å². The molecule has 13 heteroatoms. The molecule has 3 N–H and O–H groups in total. The summed E-state index contributed by atoms with van der Waals surface area (Å²) in [7, 11) is 1.51. The number of nitro groups is 1. The maximum atomic E-state index is 13.6. The minimum atomic E-state index is -0.546. The summed E-state index contributed by atoms with van der Waals surface area (Å²) in [5.74, 6) is -0.268. The third kappa shape index (κ3) is 6.15. The van der Waals surface area contributed by atoms with Gasteiger partial charge in [0.15, 0.2) is 0 Å². The number of nitro benzene ring substituents is 1. The number of likely N-dealkylation sites (tertiary alicyclic amines) is 1. The Morgan fingerprint density at radius 1 is 1.05 bits per heavy atom. The standard InChI is InChI=1S/C29H30BrN5O7/c1-42-18-6-7-22-19(14-18)20(15-26(37)31-22)28(38)33-24-5-3-2-4-23(24)32-27-21(12-16(30)13-25(27)35(40)41)29(39)34-10-8-17(36)9-11-34/h6-7,12-15,23-24,32H,2-5,8-11H2,1H3,(H,31,37)(H,33,38)/t23-,24+/m1/s1. The summed E-state index contributed by atoms with van der Waals surface area (Å²) in [6, 6.07) is 8.28. The summed E-state index contributed by atoms with van der Waals surface area (Å²) in [6.45, 7) is 0.489. The van der Waals surface area contributed by atoms with E-state index in [0.29, 0.717) is 34.0 Å². The van der Waals surface area contributed by atoms with Gasteiger partial charge in [0.1, 0.15) is 17.2 Å². The summed E-state index contributed by atoms with van der Waals surface area (Å²) in [5, 5.41) is 18.9. The number of ketones is 1. The normalized spacial score (nSPS) is 18.9. The average Bonchev–Trinajstić information content (AvgIpc) is 2.97. The number of Topliss-reactive ketones (excluding diaryl/α,β-unsaturated/α-hetero) is 1. The quantitative estimate of drug-likeness (QED) is 0.256. The van der Waals surface area contributed by atoms with E-state index in [2.05, 4.69) is 31.5 Å². The van der Waals surface area contributed by atoms with E-state index in [9.17, 15) is 29.3 Å². The topological polar surface area (TPSA) is 164 Å². The average molecular weight is 640 g/mol. The first-order valence-electron chi connectivity index (χ1n) is 13.7. The predicted octanol–water partition coefficient (Wildman–Crippen LogP) is 4.17. The van der Waals surface area contributed by atoms with Crippen LogP contribution in [-0.2, 0) is 4.79 Å². The second kappa shape index (κ2) is 12.3. The summed E-state index contributed by atoms with van der Waals surface area (Å²) in [6.07, 6.45) is 3.30. The number of aromatic nitrogens is 1. The zero-order chi connectivity index (χ0) is 30.0. The van der Waals surface area contributed by atoms with Gasteiger partial charge < -0.3 is 25.3 Å². The number of H-pyrrole nitrogens is 1. The van der Waals surface area contributed by atoms with Gasteiger partial charge in [-0.3, -0.25) is 29.3 Å². The van der Waals surface area contributed by atoms with Gasteiger partial charge in [-0.2, -0.15) is 0 Å². The number of amides is 2. The third-order valence-electron chi connectivity index (χ3n) is 7.82. The van der Waals surface area contributed by atoms with Crippen LogP contribution in [-0.4, -0.2) is 64.7 Å². The molecule has 0 spiro atoms. The van der Waals surface area contributed by atoms with Crippen molar-refractivity contribution in [2.24, 2.45) is 0 Å². The number of nitrogens with zero attached hydrogens (tertiary/aromatic N) is 2. The molecule has 1 aliphatic heterocycles. The van der Waals surface area contributed by atoms with Gasteiger partial charge in [-0.15, -0.1) is 0 Å². The van der Waals surface area contributed by atoms with Crippen LogP contribution in [0.5, 0.6) is 5.75 Å². The molecule has 12 nitrogen and oxygen atoms in total. The van der Waals surface area contributed by atoms with Crippen LogP contribution in [0, 0.1) is 10.1 Å². The number of pyridine rings is 1. The SMILES string of the molecule is COc1ccc2[nH]c(=O)cc(C(=O)N[C@H]3CCCC[C@H]3Nc3c(C(=O)N4CCC(=O)CC4)cc(Br)cc3[N+](=O)[O-])c2c1. The van der Waals surface area contributed by atoms with Gasteiger partial charge in [-0.25, -0.2) is 0 Å². The number of ether oxygens (including phenoxy) is 1. The molecule has 3 aromatic rings. The fourth-order valence-electron chi connectivity index (χ4n) is 5.64. The lowest BCUT2D eigenvalue weighted by atomic mass is 9.89. The van der Waals surface area contributed by atoms with Gasteiger partial charge in [0.25, 0.3) is 17.5 Å². The number of fused-ring (bicyclic) bond motifs is 1. The molecule has 2 fully saturated rings. The van der Waals surface area contributed by atoms with Gasteiger partial charge in [-0.1, -0.05) is 28.8 Å². The van der Waals surface area contributed by atoms with Crippen molar-refractivity contribution in [3.63, 3.8) is 0 Å². The van der Waals surface area contributed by atoms with Gasteiger partial charge in [-0.05, 0) is 37.1 Å². The van der Waals surface area contributed by atoms with E-state index in [1.54, 1.807) is 24.3 Å². The summed E-state index contributed by atoms with van der Waals surface area (Å²) < 4.78 is 5.68. The number of aromatic amines is 1. The Balaban J connectivity index is 1.46. The molecule has 1 saturated carbocycles. The highest BCUT2D eigenvalue weighted by Gasteiger charge is 2.33. The molecule has 1 saturated heterocycles. The molecule has 0 radical (unpaired) electrons. The summed E-state index contributed by atoms with van der Waals surface area (Å²) >= 11 is 3.30. The number of methoxy groups -OCH3 is 1. The highest BCUT2D eigenvalue weighted by molar-refractivity contribution is 9.10. The fraction of sp³-hybridized carbons (Fsp3) is 0.379. The van der Waals surface area contributed by atoms with Gasteiger partial charge in [0.2, 0.25) is 5.56 Å². The molecule has 0 bridgehead atoms. The number of anilines is 1. The Kier molecular flexibility index (Phi) is 8.57. The van der Waals surface area contributed by atoms with Crippen LogP contribution in [0.2, 0.25) is 0 Å². The molecule has 2 aliphatic rings. The number of hydrogen-bond donors (Lipinski definition) is 3. The van der Waals surface area contributed by atoms with E-state index >= 15 is 0 Å². The van der Waals surface area contributed by atoms with E-state index in [0.717, 1.165) is 12.8 Å². The largest absolute Gasteiger partial charge is 0.497 e. The highest BCUT2D eigenvalue weighted by atomic mass is 79.9. The number of nitrogens with one attached hydrogen (secondary N) is 3. The maximum absolute atomic E-state index is 13.6. The monoisotopic (exact) mass is 639 g/mol.